The number of benzene rings is 1. The molecule has 2 saturated heterocycles. The molecule has 7 nitrogen and oxygen atoms in total. The zero-order chi connectivity index (χ0) is 21.1. The number of urea groups is 1. The van der Waals surface area contributed by atoms with Crippen molar-refractivity contribution in [3.63, 3.8) is 0 Å². The van der Waals surface area contributed by atoms with Crippen molar-refractivity contribution >= 4 is 29.2 Å². The van der Waals surface area contributed by atoms with E-state index in [9.17, 15) is 14.4 Å². The fourth-order valence-electron chi connectivity index (χ4n) is 4.96. The number of imide groups is 1. The van der Waals surface area contributed by atoms with E-state index in [1.54, 1.807) is 0 Å². The average Bonchev–Trinajstić information content (AvgIpc) is 3.30. The Morgan fingerprint density at radius 1 is 1.03 bits per heavy atom. The van der Waals surface area contributed by atoms with E-state index < -0.39 is 11.6 Å². The molecular formula is C23H32N4O3. The number of hydrogen-bond donors (Lipinski definition) is 2. The summed E-state index contributed by atoms with van der Waals surface area (Å²) in [6.07, 6.45) is 8.94. The minimum Gasteiger partial charge on any atom is -0.372 e. The predicted molar refractivity (Wildman–Crippen MR) is 117 cm³/mol. The second-order valence-corrected chi connectivity index (χ2v) is 8.91. The highest BCUT2D eigenvalue weighted by Gasteiger charge is 2.50. The predicted octanol–water partition coefficient (Wildman–Crippen LogP) is 3.57. The van der Waals surface area contributed by atoms with E-state index in [0.29, 0.717) is 12.8 Å². The lowest BCUT2D eigenvalue weighted by molar-refractivity contribution is -0.134. The second kappa shape index (κ2) is 8.66. The molecule has 4 rings (SSSR count). The molecular weight excluding hydrogens is 380 g/mol. The molecule has 7 heteroatoms. The van der Waals surface area contributed by atoms with Gasteiger partial charge in [0.25, 0.3) is 5.91 Å². The van der Waals surface area contributed by atoms with Crippen LogP contribution >= 0.6 is 0 Å². The van der Waals surface area contributed by atoms with Crippen molar-refractivity contribution in [3.8, 4) is 0 Å². The first-order valence-electron chi connectivity index (χ1n) is 11.3. The first kappa shape index (κ1) is 20.7. The largest absolute Gasteiger partial charge is 0.372 e. The van der Waals surface area contributed by atoms with Gasteiger partial charge in [-0.05, 0) is 56.4 Å². The molecule has 3 fully saturated rings. The zero-order valence-electron chi connectivity index (χ0n) is 17.8. The Hall–Kier alpha value is -2.57. The summed E-state index contributed by atoms with van der Waals surface area (Å²) < 4.78 is 0. The van der Waals surface area contributed by atoms with Gasteiger partial charge >= 0.3 is 6.03 Å². The second-order valence-electron chi connectivity index (χ2n) is 8.91. The molecule has 0 bridgehead atoms. The Morgan fingerprint density at radius 2 is 1.70 bits per heavy atom. The van der Waals surface area contributed by atoms with Crippen LogP contribution in [0.15, 0.2) is 18.2 Å². The Morgan fingerprint density at radius 3 is 2.37 bits per heavy atom. The zero-order valence-corrected chi connectivity index (χ0v) is 17.8. The molecule has 0 radical (unpaired) electrons. The van der Waals surface area contributed by atoms with E-state index in [4.69, 9.17) is 0 Å². The third-order valence-electron chi connectivity index (χ3n) is 6.71. The quantitative estimate of drug-likeness (QED) is 0.741. The molecule has 2 aliphatic heterocycles. The smallest absolute Gasteiger partial charge is 0.325 e. The van der Waals surface area contributed by atoms with Crippen molar-refractivity contribution in [1.82, 2.24) is 10.2 Å². The number of anilines is 2. The molecule has 0 atom stereocenters. The van der Waals surface area contributed by atoms with E-state index in [2.05, 4.69) is 21.6 Å². The Labute approximate surface area is 178 Å². The number of hydrogen-bond acceptors (Lipinski definition) is 4. The number of nitrogens with zero attached hydrogens (tertiary/aromatic N) is 2. The summed E-state index contributed by atoms with van der Waals surface area (Å²) in [7, 11) is 0. The fourth-order valence-corrected chi connectivity index (χ4v) is 4.96. The van der Waals surface area contributed by atoms with Crippen LogP contribution in [-0.2, 0) is 9.59 Å². The molecule has 162 valence electrons. The summed E-state index contributed by atoms with van der Waals surface area (Å²) in [6, 6.07) is 5.56. The number of carbonyl (C=O) groups is 3. The third-order valence-corrected chi connectivity index (χ3v) is 6.71. The third kappa shape index (κ3) is 4.16. The summed E-state index contributed by atoms with van der Waals surface area (Å²) >= 11 is 0. The maximum atomic E-state index is 13.1. The van der Waals surface area contributed by atoms with Crippen LogP contribution in [0.5, 0.6) is 0 Å². The van der Waals surface area contributed by atoms with E-state index >= 15 is 0 Å². The topological polar surface area (TPSA) is 81.8 Å². The summed E-state index contributed by atoms with van der Waals surface area (Å²) in [4.78, 5) is 41.7. The number of nitrogens with one attached hydrogen (secondary N) is 2. The maximum absolute atomic E-state index is 13.1. The van der Waals surface area contributed by atoms with Crippen LogP contribution in [0.4, 0.5) is 16.2 Å². The van der Waals surface area contributed by atoms with Crippen molar-refractivity contribution in [3.05, 3.63) is 23.8 Å². The number of amides is 4. The van der Waals surface area contributed by atoms with Gasteiger partial charge in [0, 0.05) is 24.5 Å². The van der Waals surface area contributed by atoms with Crippen molar-refractivity contribution in [2.45, 2.75) is 70.3 Å². The average molecular weight is 413 g/mol. The molecule has 1 aromatic rings. The highest BCUT2D eigenvalue weighted by atomic mass is 16.2. The first-order chi connectivity index (χ1) is 14.5. The van der Waals surface area contributed by atoms with Crippen LogP contribution in [0.2, 0.25) is 0 Å². The van der Waals surface area contributed by atoms with Crippen LogP contribution in [0.1, 0.15) is 63.4 Å². The van der Waals surface area contributed by atoms with E-state index in [1.165, 1.54) is 24.9 Å². The highest BCUT2D eigenvalue weighted by molar-refractivity contribution is 6.10. The van der Waals surface area contributed by atoms with E-state index in [-0.39, 0.29) is 18.4 Å². The van der Waals surface area contributed by atoms with Crippen molar-refractivity contribution in [2.24, 2.45) is 0 Å². The van der Waals surface area contributed by atoms with Crippen LogP contribution in [-0.4, -0.2) is 47.9 Å². The molecule has 1 aromatic carbocycles. The lowest BCUT2D eigenvalue weighted by Gasteiger charge is -2.28. The number of aryl methyl sites for hydroxylation is 1. The Bertz CT molecular complexity index is 824. The van der Waals surface area contributed by atoms with E-state index in [0.717, 1.165) is 54.9 Å². The van der Waals surface area contributed by atoms with Gasteiger partial charge in [0.05, 0.1) is 0 Å². The van der Waals surface area contributed by atoms with Gasteiger partial charge in [-0.25, -0.2) is 4.79 Å². The SMILES string of the molecule is Cc1cc(N2CCCC2)ccc1NC(=O)CN1C(=O)NC2(CCCCCCC2)C1=O. The van der Waals surface area contributed by atoms with Gasteiger partial charge in [-0.2, -0.15) is 0 Å². The lowest BCUT2D eigenvalue weighted by atomic mass is 9.84. The molecule has 3 aliphatic rings. The summed E-state index contributed by atoms with van der Waals surface area (Å²) in [5.74, 6) is -0.593. The summed E-state index contributed by atoms with van der Waals surface area (Å²) in [5.41, 5.74) is 2.05. The molecule has 2 heterocycles. The van der Waals surface area contributed by atoms with Crippen LogP contribution in [0, 0.1) is 6.92 Å². The van der Waals surface area contributed by atoms with Gasteiger partial charge in [-0.3, -0.25) is 14.5 Å². The molecule has 4 amide bonds. The van der Waals surface area contributed by atoms with Gasteiger partial charge in [-0.15, -0.1) is 0 Å². The van der Waals surface area contributed by atoms with Gasteiger partial charge in [0.15, 0.2) is 0 Å². The van der Waals surface area contributed by atoms with Gasteiger partial charge in [0.1, 0.15) is 12.1 Å². The minimum atomic E-state index is -0.814. The Balaban J connectivity index is 1.40. The normalized spacial score (nSPS) is 21.5. The fraction of sp³-hybridized carbons (Fsp3) is 0.609. The van der Waals surface area contributed by atoms with Crippen LogP contribution in [0.25, 0.3) is 0 Å². The molecule has 0 aromatic heterocycles. The molecule has 30 heavy (non-hydrogen) atoms. The molecule has 2 N–H and O–H groups in total. The number of carbonyl (C=O) groups excluding carboxylic acids is 3. The van der Waals surface area contributed by atoms with Crippen molar-refractivity contribution in [2.75, 3.05) is 29.9 Å². The van der Waals surface area contributed by atoms with Gasteiger partial charge in [-0.1, -0.05) is 32.1 Å². The highest BCUT2D eigenvalue weighted by Crippen LogP contribution is 2.32. The van der Waals surface area contributed by atoms with Gasteiger partial charge in [0.2, 0.25) is 5.91 Å². The molecule has 1 aliphatic carbocycles. The number of rotatable bonds is 4. The van der Waals surface area contributed by atoms with Crippen molar-refractivity contribution in [1.29, 1.82) is 0 Å². The lowest BCUT2D eigenvalue weighted by Crippen LogP contribution is -2.47. The maximum Gasteiger partial charge on any atom is 0.325 e. The summed E-state index contributed by atoms with van der Waals surface area (Å²) in [5, 5.41) is 5.79. The van der Waals surface area contributed by atoms with Crippen LogP contribution < -0.4 is 15.5 Å². The molecule has 0 unspecified atom stereocenters. The Kier molecular flexibility index (Phi) is 5.97. The van der Waals surface area contributed by atoms with Crippen molar-refractivity contribution < 1.29 is 14.4 Å². The standard InChI is InChI=1S/C23H32N4O3/c1-17-15-18(26-13-7-8-14-26)9-10-19(17)24-20(28)16-27-21(29)23(25-22(27)30)11-5-3-2-4-6-12-23/h9-10,15H,2-8,11-14,16H2,1H3,(H,24,28)(H,25,30). The molecule has 1 spiro atoms. The van der Waals surface area contributed by atoms with Gasteiger partial charge < -0.3 is 15.5 Å². The van der Waals surface area contributed by atoms with E-state index in [1.807, 2.05) is 19.1 Å². The minimum absolute atomic E-state index is 0.245. The molecule has 1 saturated carbocycles. The van der Waals surface area contributed by atoms with Crippen LogP contribution in [0.3, 0.4) is 0 Å². The summed E-state index contributed by atoms with van der Waals surface area (Å²) in [6.45, 7) is 3.85. The monoisotopic (exact) mass is 412 g/mol. The first-order valence-corrected chi connectivity index (χ1v) is 11.3.